The molecule has 0 spiro atoms. The number of aromatic amines is 1. The second-order valence-corrected chi connectivity index (χ2v) is 10.3. The molecule has 1 saturated heterocycles. The number of imidazole rings is 1. The van der Waals surface area contributed by atoms with Gasteiger partial charge in [0.2, 0.25) is 0 Å². The zero-order valence-electron chi connectivity index (χ0n) is 23.0. The number of rotatable bonds is 14. The Morgan fingerprint density at radius 1 is 1.26 bits per heavy atom. The van der Waals surface area contributed by atoms with E-state index in [1.54, 1.807) is 4.57 Å². The molecule has 1 fully saturated rings. The van der Waals surface area contributed by atoms with Crippen molar-refractivity contribution in [3.63, 3.8) is 0 Å². The van der Waals surface area contributed by atoms with Crippen LogP contribution >= 0.6 is 0 Å². The van der Waals surface area contributed by atoms with Gasteiger partial charge in [0.25, 0.3) is 0 Å². The van der Waals surface area contributed by atoms with Crippen LogP contribution in [0, 0.1) is 5.92 Å². The summed E-state index contributed by atoms with van der Waals surface area (Å²) in [6.45, 7) is 5.78. The summed E-state index contributed by atoms with van der Waals surface area (Å²) in [6, 6.07) is 8.64. The van der Waals surface area contributed by atoms with Crippen LogP contribution in [0.3, 0.4) is 0 Å². The van der Waals surface area contributed by atoms with Gasteiger partial charge in [0, 0.05) is 19.1 Å². The number of carbonyl (C=O) groups is 1. The van der Waals surface area contributed by atoms with Gasteiger partial charge in [0.05, 0.1) is 20.1 Å². The third kappa shape index (κ3) is 8.03. The number of nitrogen functional groups attached to an aromatic ring is 1. The lowest BCUT2D eigenvalue weighted by atomic mass is 9.90. The molecule has 1 aromatic carbocycles. The Labute approximate surface area is 228 Å². The minimum Gasteiger partial charge on any atom is -0.469 e. The normalized spacial score (nSPS) is 17.4. The average Bonchev–Trinajstić information content (AvgIpc) is 3.24. The Bertz CT molecular complexity index is 1290. The van der Waals surface area contributed by atoms with Crippen LogP contribution < -0.4 is 26.8 Å². The van der Waals surface area contributed by atoms with Crippen LogP contribution in [0.4, 0.5) is 5.82 Å². The van der Waals surface area contributed by atoms with E-state index >= 15 is 0 Å². The summed E-state index contributed by atoms with van der Waals surface area (Å²) in [5.41, 5.74) is 8.97. The van der Waals surface area contributed by atoms with Crippen LogP contribution in [-0.2, 0) is 29.0 Å². The first-order chi connectivity index (χ1) is 19.0. The van der Waals surface area contributed by atoms with Gasteiger partial charge in [-0.05, 0) is 62.2 Å². The fourth-order valence-corrected chi connectivity index (χ4v) is 5.11. The standard InChI is InChI=1S/C28H41N7O4/c1-3-4-13-39-27-33-25(29)24-26(34-27)35(28(37)32-24)18-21-10-12-31-22(15-21)9-6-11-30-17-20-8-5-7-19(14-20)16-23(36)38-2/h5,7-8,14,21-22,30-31H,3-4,6,9-13,15-18H2,1-2H3,(H,32,37)(H2,29,33,34). The van der Waals surface area contributed by atoms with Gasteiger partial charge in [-0.15, -0.1) is 0 Å². The molecular weight excluding hydrogens is 498 g/mol. The van der Waals surface area contributed by atoms with Crippen molar-refractivity contribution < 1.29 is 14.3 Å². The number of anilines is 1. The van der Waals surface area contributed by atoms with E-state index in [2.05, 4.69) is 38.6 Å². The second kappa shape index (κ2) is 14.1. The minimum absolute atomic E-state index is 0.215. The molecule has 0 amide bonds. The lowest BCUT2D eigenvalue weighted by Gasteiger charge is -2.30. The molecule has 0 saturated carbocycles. The summed E-state index contributed by atoms with van der Waals surface area (Å²) >= 11 is 0. The highest BCUT2D eigenvalue weighted by Gasteiger charge is 2.24. The number of unbranched alkanes of at least 4 members (excludes halogenated alkanes) is 1. The first-order valence-corrected chi connectivity index (χ1v) is 13.9. The largest absolute Gasteiger partial charge is 0.469 e. The second-order valence-electron chi connectivity index (χ2n) is 10.3. The van der Waals surface area contributed by atoms with Crippen LogP contribution in [0.2, 0.25) is 0 Å². The van der Waals surface area contributed by atoms with Gasteiger partial charge in [-0.3, -0.25) is 9.36 Å². The summed E-state index contributed by atoms with van der Waals surface area (Å²) < 4.78 is 12.1. The first-order valence-electron chi connectivity index (χ1n) is 13.9. The Kier molecular flexibility index (Phi) is 10.3. The Morgan fingerprint density at radius 3 is 2.92 bits per heavy atom. The smallest absolute Gasteiger partial charge is 0.327 e. The van der Waals surface area contributed by atoms with Crippen molar-refractivity contribution in [2.75, 3.05) is 32.5 Å². The van der Waals surface area contributed by atoms with E-state index in [0.717, 1.165) is 69.3 Å². The summed E-state index contributed by atoms with van der Waals surface area (Å²) in [7, 11) is 1.41. The third-order valence-electron chi connectivity index (χ3n) is 7.21. The molecule has 1 aliphatic rings. The molecule has 3 aromatic rings. The maximum Gasteiger partial charge on any atom is 0.327 e. The molecule has 212 valence electrons. The molecule has 2 unspecified atom stereocenters. The van der Waals surface area contributed by atoms with Crippen molar-refractivity contribution in [2.24, 2.45) is 5.92 Å². The van der Waals surface area contributed by atoms with E-state index in [-0.39, 0.29) is 29.9 Å². The van der Waals surface area contributed by atoms with Gasteiger partial charge in [0.1, 0.15) is 5.52 Å². The molecule has 0 bridgehead atoms. The van der Waals surface area contributed by atoms with Gasteiger partial charge in [-0.2, -0.15) is 9.97 Å². The number of hydrogen-bond donors (Lipinski definition) is 4. The van der Waals surface area contributed by atoms with Crippen LogP contribution in [0.25, 0.3) is 11.2 Å². The fourth-order valence-electron chi connectivity index (χ4n) is 5.11. The number of benzene rings is 1. The molecule has 0 aliphatic carbocycles. The van der Waals surface area contributed by atoms with E-state index < -0.39 is 0 Å². The first kappa shape index (κ1) is 28.6. The molecule has 0 radical (unpaired) electrons. The number of aromatic nitrogens is 4. The molecule has 11 heteroatoms. The highest BCUT2D eigenvalue weighted by molar-refractivity contribution is 5.81. The fraction of sp³-hybridized carbons (Fsp3) is 0.571. The molecule has 2 atom stereocenters. The Balaban J connectivity index is 1.26. The number of methoxy groups -OCH3 is 1. The van der Waals surface area contributed by atoms with Crippen molar-refractivity contribution >= 4 is 23.0 Å². The van der Waals surface area contributed by atoms with Crippen LogP contribution in [0.5, 0.6) is 6.01 Å². The van der Waals surface area contributed by atoms with Crippen LogP contribution in [-0.4, -0.2) is 58.3 Å². The minimum atomic E-state index is -0.230. The van der Waals surface area contributed by atoms with Gasteiger partial charge in [-0.25, -0.2) is 4.79 Å². The molecule has 3 heterocycles. The SMILES string of the molecule is CCCCOc1nc(N)c2[nH]c(=O)n(CC3CCNC(CCCNCc4cccc(CC(=O)OC)c4)C3)c2n1. The van der Waals surface area contributed by atoms with Gasteiger partial charge in [0.15, 0.2) is 11.5 Å². The number of nitrogens with zero attached hydrogens (tertiary/aromatic N) is 3. The van der Waals surface area contributed by atoms with E-state index in [0.29, 0.717) is 36.3 Å². The monoisotopic (exact) mass is 539 g/mol. The number of carbonyl (C=O) groups excluding carboxylic acids is 1. The summed E-state index contributed by atoms with van der Waals surface area (Å²) in [5, 5.41) is 7.14. The van der Waals surface area contributed by atoms with Gasteiger partial charge < -0.3 is 30.8 Å². The lowest BCUT2D eigenvalue weighted by Crippen LogP contribution is -2.40. The molecule has 11 nitrogen and oxygen atoms in total. The topological polar surface area (TPSA) is 149 Å². The van der Waals surface area contributed by atoms with Crippen molar-refractivity contribution in [1.82, 2.24) is 30.2 Å². The van der Waals surface area contributed by atoms with Crippen molar-refractivity contribution in [1.29, 1.82) is 0 Å². The van der Waals surface area contributed by atoms with E-state index in [4.69, 9.17) is 15.2 Å². The number of hydrogen-bond acceptors (Lipinski definition) is 9. The van der Waals surface area contributed by atoms with Gasteiger partial charge >= 0.3 is 17.7 Å². The maximum absolute atomic E-state index is 12.8. The molecule has 1 aliphatic heterocycles. The van der Waals surface area contributed by atoms with Gasteiger partial charge in [-0.1, -0.05) is 37.6 Å². The molecular formula is C28H41N7O4. The number of esters is 1. The number of nitrogens with one attached hydrogen (secondary N) is 3. The Morgan fingerprint density at radius 2 is 2.10 bits per heavy atom. The highest BCUT2D eigenvalue weighted by Crippen LogP contribution is 2.23. The molecule has 4 rings (SSSR count). The quantitative estimate of drug-likeness (QED) is 0.179. The average molecular weight is 540 g/mol. The zero-order valence-corrected chi connectivity index (χ0v) is 23.0. The predicted octanol–water partition coefficient (Wildman–Crippen LogP) is 2.53. The maximum atomic E-state index is 12.8. The molecule has 5 N–H and O–H groups in total. The number of H-pyrrole nitrogens is 1. The molecule has 39 heavy (non-hydrogen) atoms. The van der Waals surface area contributed by atoms with Crippen LogP contribution in [0.15, 0.2) is 29.1 Å². The molecule has 2 aromatic heterocycles. The number of fused-ring (bicyclic) bond motifs is 1. The van der Waals surface area contributed by atoms with E-state index in [1.165, 1.54) is 7.11 Å². The number of piperidine rings is 1. The lowest BCUT2D eigenvalue weighted by molar-refractivity contribution is -0.139. The number of nitrogens with two attached hydrogens (primary N) is 1. The van der Waals surface area contributed by atoms with Crippen molar-refractivity contribution in [3.8, 4) is 6.01 Å². The van der Waals surface area contributed by atoms with Crippen LogP contribution in [0.1, 0.15) is 56.6 Å². The summed E-state index contributed by atoms with van der Waals surface area (Å²) in [4.78, 5) is 35.8. The number of ether oxygens (including phenoxy) is 2. The summed E-state index contributed by atoms with van der Waals surface area (Å²) in [6.07, 6.45) is 6.28. The highest BCUT2D eigenvalue weighted by atomic mass is 16.5. The Hall–Kier alpha value is -3.44. The van der Waals surface area contributed by atoms with Crippen molar-refractivity contribution in [2.45, 2.75) is 71.0 Å². The zero-order chi connectivity index (χ0) is 27.6. The van der Waals surface area contributed by atoms with E-state index in [9.17, 15) is 9.59 Å². The third-order valence-corrected chi connectivity index (χ3v) is 7.21. The predicted molar refractivity (Wildman–Crippen MR) is 151 cm³/mol. The summed E-state index contributed by atoms with van der Waals surface area (Å²) in [5.74, 6) is 0.360. The van der Waals surface area contributed by atoms with Crippen molar-refractivity contribution in [3.05, 3.63) is 45.9 Å². The van der Waals surface area contributed by atoms with E-state index in [1.807, 2.05) is 18.2 Å².